The molecule has 29 heavy (non-hydrogen) atoms. The number of hydrogen-bond donors (Lipinski definition) is 0. The molecule has 0 bridgehead atoms. The highest BCUT2D eigenvalue weighted by atomic mass is 19.3. The molecule has 2 aromatic carbocycles. The lowest BCUT2D eigenvalue weighted by molar-refractivity contribution is -0.112. The van der Waals surface area contributed by atoms with E-state index in [1.807, 2.05) is 0 Å². The fourth-order valence-electron chi connectivity index (χ4n) is 3.07. The number of carbonyl (C=O) groups excluding carboxylic acids is 1. The van der Waals surface area contributed by atoms with Gasteiger partial charge in [-0.25, -0.2) is 0 Å². The third-order valence-corrected chi connectivity index (χ3v) is 4.37. The second-order valence-corrected chi connectivity index (χ2v) is 6.42. The topological polar surface area (TPSA) is 35.5 Å². The monoisotopic (exact) mass is 406 g/mol. The van der Waals surface area contributed by atoms with E-state index in [1.54, 1.807) is 36.4 Å². The molecule has 0 N–H and O–H groups in total. The van der Waals surface area contributed by atoms with Gasteiger partial charge in [-0.3, -0.25) is 4.79 Å². The van der Waals surface area contributed by atoms with Crippen molar-refractivity contribution in [3.8, 4) is 11.5 Å². The molecule has 0 atom stereocenters. The van der Waals surface area contributed by atoms with E-state index in [0.717, 1.165) is 6.42 Å². The normalized spacial score (nSPS) is 17.4. The largest absolute Gasteiger partial charge is 0.435 e. The smallest absolute Gasteiger partial charge is 0.387 e. The van der Waals surface area contributed by atoms with Gasteiger partial charge in [0.25, 0.3) is 0 Å². The summed E-state index contributed by atoms with van der Waals surface area (Å²) in [6, 6.07) is 12.1. The summed E-state index contributed by atoms with van der Waals surface area (Å²) in [5.41, 5.74) is 2.68. The van der Waals surface area contributed by atoms with Gasteiger partial charge >= 0.3 is 13.2 Å². The molecule has 3 nitrogen and oxygen atoms in total. The molecule has 0 aliphatic heterocycles. The molecule has 2 aromatic rings. The van der Waals surface area contributed by atoms with E-state index in [-0.39, 0.29) is 17.3 Å². The zero-order chi connectivity index (χ0) is 20.8. The van der Waals surface area contributed by atoms with Crippen molar-refractivity contribution in [1.82, 2.24) is 0 Å². The second-order valence-electron chi connectivity index (χ2n) is 6.42. The van der Waals surface area contributed by atoms with Crippen molar-refractivity contribution in [1.29, 1.82) is 0 Å². The highest BCUT2D eigenvalue weighted by molar-refractivity contribution is 6.13. The minimum absolute atomic E-state index is 0.0528. The van der Waals surface area contributed by atoms with Crippen LogP contribution < -0.4 is 9.47 Å². The first-order valence-corrected chi connectivity index (χ1v) is 8.96. The molecular weight excluding hydrogens is 388 g/mol. The molecule has 1 fully saturated rings. The van der Waals surface area contributed by atoms with Crippen LogP contribution in [0.2, 0.25) is 0 Å². The lowest BCUT2D eigenvalue weighted by Crippen LogP contribution is -2.12. The van der Waals surface area contributed by atoms with Crippen LogP contribution in [0.4, 0.5) is 17.6 Å². The Kier molecular flexibility index (Phi) is 6.69. The number of halogens is 4. The maximum Gasteiger partial charge on any atom is 0.387 e. The van der Waals surface area contributed by atoms with Gasteiger partial charge in [-0.1, -0.05) is 24.3 Å². The van der Waals surface area contributed by atoms with Crippen molar-refractivity contribution < 1.29 is 31.8 Å². The van der Waals surface area contributed by atoms with Gasteiger partial charge in [0, 0.05) is 11.1 Å². The summed E-state index contributed by atoms with van der Waals surface area (Å²) >= 11 is 0. The fourth-order valence-corrected chi connectivity index (χ4v) is 3.07. The van der Waals surface area contributed by atoms with Crippen LogP contribution in [0, 0.1) is 0 Å². The number of allylic oxidation sites excluding steroid dienone is 2. The average molecular weight is 406 g/mol. The second kappa shape index (κ2) is 9.41. The van der Waals surface area contributed by atoms with Crippen LogP contribution in [0.25, 0.3) is 12.2 Å². The van der Waals surface area contributed by atoms with E-state index in [1.165, 1.54) is 24.3 Å². The number of rotatable bonds is 6. The number of carbonyl (C=O) groups is 1. The summed E-state index contributed by atoms with van der Waals surface area (Å²) in [7, 11) is 0. The molecule has 0 heterocycles. The number of Topliss-reactive ketones (excluding diaryl/α,β-unsaturated/α-hetero) is 1. The number of hydrogen-bond acceptors (Lipinski definition) is 3. The van der Waals surface area contributed by atoms with Crippen molar-refractivity contribution in [3.63, 3.8) is 0 Å². The van der Waals surface area contributed by atoms with Crippen LogP contribution in [0.1, 0.15) is 30.4 Å². The van der Waals surface area contributed by atoms with Gasteiger partial charge in [0.15, 0.2) is 5.78 Å². The van der Waals surface area contributed by atoms with E-state index in [0.29, 0.717) is 35.1 Å². The summed E-state index contributed by atoms with van der Waals surface area (Å²) in [6.45, 7) is -5.77. The van der Waals surface area contributed by atoms with E-state index in [9.17, 15) is 22.4 Å². The number of ether oxygens (including phenoxy) is 2. The molecule has 7 heteroatoms. The molecule has 0 saturated heterocycles. The van der Waals surface area contributed by atoms with Crippen molar-refractivity contribution in [3.05, 3.63) is 70.8 Å². The molecule has 0 aromatic heterocycles. The minimum Gasteiger partial charge on any atom is -0.435 e. The van der Waals surface area contributed by atoms with E-state index < -0.39 is 13.2 Å². The summed E-state index contributed by atoms with van der Waals surface area (Å²) in [5.74, 6) is 0.0195. The zero-order valence-corrected chi connectivity index (χ0v) is 15.3. The molecular formula is C22H18F4O3. The predicted molar refractivity (Wildman–Crippen MR) is 101 cm³/mol. The van der Waals surface area contributed by atoms with Gasteiger partial charge in [0.2, 0.25) is 0 Å². The molecule has 0 radical (unpaired) electrons. The van der Waals surface area contributed by atoms with Gasteiger partial charge in [-0.15, -0.1) is 0 Å². The Morgan fingerprint density at radius 2 is 1.07 bits per heavy atom. The quantitative estimate of drug-likeness (QED) is 0.429. The molecule has 1 saturated carbocycles. The van der Waals surface area contributed by atoms with Gasteiger partial charge in [-0.2, -0.15) is 17.6 Å². The van der Waals surface area contributed by atoms with Crippen LogP contribution in [0.15, 0.2) is 59.7 Å². The molecule has 152 valence electrons. The first kappa shape index (κ1) is 20.6. The van der Waals surface area contributed by atoms with Gasteiger partial charge < -0.3 is 9.47 Å². The summed E-state index contributed by atoms with van der Waals surface area (Å²) in [5, 5.41) is 0. The van der Waals surface area contributed by atoms with Crippen molar-refractivity contribution in [2.45, 2.75) is 32.5 Å². The first-order valence-electron chi connectivity index (χ1n) is 8.96. The summed E-state index contributed by atoms with van der Waals surface area (Å²) in [6.07, 6.45) is 5.50. The fraction of sp³-hybridized carbons (Fsp3) is 0.227. The minimum atomic E-state index is -2.89. The Morgan fingerprint density at radius 1 is 0.690 bits per heavy atom. The van der Waals surface area contributed by atoms with E-state index >= 15 is 0 Å². The van der Waals surface area contributed by atoms with Crippen LogP contribution >= 0.6 is 0 Å². The molecule has 0 unspecified atom stereocenters. The Labute approximate surface area is 165 Å². The van der Waals surface area contributed by atoms with Gasteiger partial charge in [0.1, 0.15) is 11.5 Å². The zero-order valence-electron chi connectivity index (χ0n) is 15.3. The van der Waals surface area contributed by atoms with E-state index in [2.05, 4.69) is 9.47 Å². The van der Waals surface area contributed by atoms with Crippen LogP contribution in [-0.2, 0) is 4.79 Å². The Hall–Kier alpha value is -3.09. The highest BCUT2D eigenvalue weighted by Gasteiger charge is 2.20. The Balaban J connectivity index is 1.74. The lowest BCUT2D eigenvalue weighted by Gasteiger charge is -2.17. The van der Waals surface area contributed by atoms with Crippen molar-refractivity contribution in [2.75, 3.05) is 0 Å². The lowest BCUT2D eigenvalue weighted by atomic mass is 9.87. The predicted octanol–water partition coefficient (Wildman–Crippen LogP) is 6.11. The maximum absolute atomic E-state index is 12.8. The number of benzene rings is 2. The summed E-state index contributed by atoms with van der Waals surface area (Å²) < 4.78 is 57.5. The molecule has 0 spiro atoms. The molecule has 0 amide bonds. The van der Waals surface area contributed by atoms with Crippen LogP contribution in [0.5, 0.6) is 11.5 Å². The third kappa shape index (κ3) is 5.94. The SMILES string of the molecule is O=C1C(=Cc2ccc(OC(F)F)cc2)CCCC1=Cc1ccc(OC(F)F)cc1. The summed E-state index contributed by atoms with van der Waals surface area (Å²) in [4.78, 5) is 12.8. The highest BCUT2D eigenvalue weighted by Crippen LogP contribution is 2.29. The van der Waals surface area contributed by atoms with Gasteiger partial charge in [-0.05, 0) is 66.8 Å². The van der Waals surface area contributed by atoms with Gasteiger partial charge in [0.05, 0.1) is 0 Å². The first-order chi connectivity index (χ1) is 13.9. The Bertz CT molecular complexity index is 827. The number of alkyl halides is 4. The third-order valence-electron chi connectivity index (χ3n) is 4.37. The molecule has 3 rings (SSSR count). The van der Waals surface area contributed by atoms with Crippen LogP contribution in [-0.4, -0.2) is 19.0 Å². The number of ketones is 1. The van der Waals surface area contributed by atoms with Crippen molar-refractivity contribution in [2.24, 2.45) is 0 Å². The molecule has 1 aliphatic carbocycles. The maximum atomic E-state index is 12.8. The van der Waals surface area contributed by atoms with E-state index in [4.69, 9.17) is 0 Å². The Morgan fingerprint density at radius 3 is 1.41 bits per heavy atom. The van der Waals surface area contributed by atoms with Crippen molar-refractivity contribution >= 4 is 17.9 Å². The van der Waals surface area contributed by atoms with Crippen LogP contribution in [0.3, 0.4) is 0 Å². The molecule has 1 aliphatic rings. The standard InChI is InChI=1S/C22H18F4O3/c23-21(24)28-18-8-4-14(5-9-18)12-16-2-1-3-17(20(16)27)13-15-6-10-19(11-7-15)29-22(25)26/h4-13,21-22H,1-3H2. The average Bonchev–Trinajstić information content (AvgIpc) is 2.67.